The number of aromatic nitrogens is 2. The van der Waals surface area contributed by atoms with Crippen molar-refractivity contribution in [3.8, 4) is 0 Å². The van der Waals surface area contributed by atoms with Crippen molar-refractivity contribution in [3.63, 3.8) is 0 Å². The lowest BCUT2D eigenvalue weighted by Gasteiger charge is -2.29. The van der Waals surface area contributed by atoms with Crippen molar-refractivity contribution in [1.82, 2.24) is 19.8 Å². The van der Waals surface area contributed by atoms with E-state index in [4.69, 9.17) is 0 Å². The zero-order chi connectivity index (χ0) is 12.2. The van der Waals surface area contributed by atoms with E-state index < -0.39 is 0 Å². The second-order valence-electron chi connectivity index (χ2n) is 5.61. The van der Waals surface area contributed by atoms with Crippen LogP contribution in [0.25, 0.3) is 0 Å². The number of nitrogens with zero attached hydrogens (tertiary/aromatic N) is 3. The molecule has 18 heavy (non-hydrogen) atoms. The molecular formula is C14H24N4. The standard InChI is InChI=1S/C14H24N4/c1-2-4-13(5-3-1)18-12-16-10-14(18)11-17-8-6-15-7-9-17/h10,12-13,15H,1-9,11H2. The van der Waals surface area contributed by atoms with Crippen LogP contribution in [-0.4, -0.2) is 40.6 Å². The van der Waals surface area contributed by atoms with Gasteiger partial charge in [0.25, 0.3) is 0 Å². The van der Waals surface area contributed by atoms with E-state index in [0.717, 1.165) is 32.7 Å². The Kier molecular flexibility index (Phi) is 3.96. The van der Waals surface area contributed by atoms with Crippen molar-refractivity contribution in [3.05, 3.63) is 18.2 Å². The van der Waals surface area contributed by atoms with Crippen LogP contribution < -0.4 is 5.32 Å². The van der Waals surface area contributed by atoms with Crippen LogP contribution in [0.3, 0.4) is 0 Å². The molecule has 1 N–H and O–H groups in total. The summed E-state index contributed by atoms with van der Waals surface area (Å²) in [5.41, 5.74) is 1.41. The number of piperazine rings is 1. The molecule has 1 aliphatic heterocycles. The van der Waals surface area contributed by atoms with E-state index in [2.05, 4.69) is 26.0 Å². The van der Waals surface area contributed by atoms with Gasteiger partial charge in [-0.05, 0) is 12.8 Å². The summed E-state index contributed by atoms with van der Waals surface area (Å²) in [5, 5.41) is 3.41. The molecule has 1 aromatic heterocycles. The molecule has 2 aliphatic rings. The Balaban J connectivity index is 1.66. The smallest absolute Gasteiger partial charge is 0.0951 e. The molecule has 3 rings (SSSR count). The largest absolute Gasteiger partial charge is 0.330 e. The molecule has 0 amide bonds. The van der Waals surface area contributed by atoms with Gasteiger partial charge in [-0.15, -0.1) is 0 Å². The molecular weight excluding hydrogens is 224 g/mol. The molecule has 1 saturated heterocycles. The van der Waals surface area contributed by atoms with Gasteiger partial charge in [-0.25, -0.2) is 4.98 Å². The van der Waals surface area contributed by atoms with Crippen LogP contribution >= 0.6 is 0 Å². The molecule has 0 bridgehead atoms. The first kappa shape index (κ1) is 12.2. The van der Waals surface area contributed by atoms with E-state index in [1.165, 1.54) is 37.8 Å². The Morgan fingerprint density at radius 2 is 1.94 bits per heavy atom. The lowest BCUT2D eigenvalue weighted by Crippen LogP contribution is -2.43. The minimum Gasteiger partial charge on any atom is -0.330 e. The molecule has 100 valence electrons. The second-order valence-corrected chi connectivity index (χ2v) is 5.61. The second kappa shape index (κ2) is 5.85. The first-order chi connectivity index (χ1) is 8.93. The molecule has 1 aliphatic carbocycles. The van der Waals surface area contributed by atoms with Crippen molar-refractivity contribution in [2.75, 3.05) is 26.2 Å². The molecule has 2 heterocycles. The molecule has 0 radical (unpaired) electrons. The molecule has 0 unspecified atom stereocenters. The minimum absolute atomic E-state index is 0.708. The van der Waals surface area contributed by atoms with Crippen LogP contribution in [0.4, 0.5) is 0 Å². The van der Waals surface area contributed by atoms with Gasteiger partial charge in [0.2, 0.25) is 0 Å². The highest BCUT2D eigenvalue weighted by Crippen LogP contribution is 2.29. The third kappa shape index (κ3) is 2.75. The Morgan fingerprint density at radius 1 is 1.17 bits per heavy atom. The van der Waals surface area contributed by atoms with Crippen molar-refractivity contribution in [1.29, 1.82) is 0 Å². The van der Waals surface area contributed by atoms with Gasteiger partial charge in [-0.3, -0.25) is 4.90 Å². The summed E-state index contributed by atoms with van der Waals surface area (Å²) >= 11 is 0. The van der Waals surface area contributed by atoms with Gasteiger partial charge in [0.15, 0.2) is 0 Å². The lowest BCUT2D eigenvalue weighted by atomic mass is 9.95. The quantitative estimate of drug-likeness (QED) is 0.885. The lowest BCUT2D eigenvalue weighted by molar-refractivity contribution is 0.223. The Labute approximate surface area is 109 Å². The fraction of sp³-hybridized carbons (Fsp3) is 0.786. The maximum atomic E-state index is 4.38. The number of hydrogen-bond acceptors (Lipinski definition) is 3. The third-order valence-electron chi connectivity index (χ3n) is 4.31. The summed E-state index contributed by atoms with van der Waals surface area (Å²) in [5.74, 6) is 0. The van der Waals surface area contributed by atoms with Crippen molar-refractivity contribution >= 4 is 0 Å². The van der Waals surface area contributed by atoms with E-state index in [1.54, 1.807) is 0 Å². The predicted molar refractivity (Wildman–Crippen MR) is 72.5 cm³/mol. The molecule has 0 atom stereocenters. The van der Waals surface area contributed by atoms with Crippen LogP contribution in [-0.2, 0) is 6.54 Å². The summed E-state index contributed by atoms with van der Waals surface area (Å²) in [4.78, 5) is 6.92. The monoisotopic (exact) mass is 248 g/mol. The topological polar surface area (TPSA) is 33.1 Å². The van der Waals surface area contributed by atoms with E-state index in [9.17, 15) is 0 Å². The normalized spacial score (nSPS) is 23.3. The van der Waals surface area contributed by atoms with Gasteiger partial charge < -0.3 is 9.88 Å². The number of hydrogen-bond donors (Lipinski definition) is 1. The highest BCUT2D eigenvalue weighted by molar-refractivity contribution is 5.01. The predicted octanol–water partition coefficient (Wildman–Crippen LogP) is 1.79. The zero-order valence-corrected chi connectivity index (χ0v) is 11.1. The summed E-state index contributed by atoms with van der Waals surface area (Å²) in [6.07, 6.45) is 11.0. The Morgan fingerprint density at radius 3 is 2.72 bits per heavy atom. The average Bonchev–Trinajstić information content (AvgIpc) is 2.89. The van der Waals surface area contributed by atoms with Crippen LogP contribution in [0.15, 0.2) is 12.5 Å². The summed E-state index contributed by atoms with van der Waals surface area (Å²) < 4.78 is 2.45. The number of nitrogens with one attached hydrogen (secondary N) is 1. The van der Waals surface area contributed by atoms with Gasteiger partial charge in [-0.2, -0.15) is 0 Å². The van der Waals surface area contributed by atoms with Gasteiger partial charge >= 0.3 is 0 Å². The van der Waals surface area contributed by atoms with Crippen LogP contribution in [0.2, 0.25) is 0 Å². The Bertz CT molecular complexity index is 362. The van der Waals surface area contributed by atoms with Gasteiger partial charge in [-0.1, -0.05) is 19.3 Å². The summed E-state index contributed by atoms with van der Waals surface area (Å²) in [6, 6.07) is 0.708. The van der Waals surface area contributed by atoms with Crippen LogP contribution in [0.1, 0.15) is 43.8 Å². The Hall–Kier alpha value is -0.870. The van der Waals surface area contributed by atoms with Crippen molar-refractivity contribution < 1.29 is 0 Å². The van der Waals surface area contributed by atoms with E-state index in [-0.39, 0.29) is 0 Å². The molecule has 1 aromatic rings. The van der Waals surface area contributed by atoms with Gasteiger partial charge in [0.05, 0.1) is 12.0 Å². The molecule has 2 fully saturated rings. The highest BCUT2D eigenvalue weighted by Gasteiger charge is 2.19. The van der Waals surface area contributed by atoms with Crippen molar-refractivity contribution in [2.24, 2.45) is 0 Å². The SMILES string of the molecule is c1ncn(C2CCCCC2)c1CN1CCNCC1. The molecule has 4 nitrogen and oxygen atoms in total. The van der Waals surface area contributed by atoms with Gasteiger partial charge in [0.1, 0.15) is 0 Å². The van der Waals surface area contributed by atoms with Crippen LogP contribution in [0, 0.1) is 0 Å². The third-order valence-corrected chi connectivity index (χ3v) is 4.31. The van der Waals surface area contributed by atoms with E-state index in [1.807, 2.05) is 6.33 Å². The first-order valence-corrected chi connectivity index (χ1v) is 7.37. The zero-order valence-electron chi connectivity index (χ0n) is 11.1. The molecule has 0 spiro atoms. The highest BCUT2D eigenvalue weighted by atomic mass is 15.2. The minimum atomic E-state index is 0.708. The van der Waals surface area contributed by atoms with Crippen LogP contribution in [0.5, 0.6) is 0 Å². The fourth-order valence-corrected chi connectivity index (χ4v) is 3.24. The average molecular weight is 248 g/mol. The number of rotatable bonds is 3. The molecule has 4 heteroatoms. The van der Waals surface area contributed by atoms with E-state index >= 15 is 0 Å². The molecule has 0 aromatic carbocycles. The maximum absolute atomic E-state index is 4.38. The number of imidazole rings is 1. The fourth-order valence-electron chi connectivity index (χ4n) is 3.24. The summed E-state index contributed by atoms with van der Waals surface area (Å²) in [7, 11) is 0. The van der Waals surface area contributed by atoms with Crippen molar-refractivity contribution in [2.45, 2.75) is 44.7 Å². The van der Waals surface area contributed by atoms with E-state index in [0.29, 0.717) is 6.04 Å². The first-order valence-electron chi connectivity index (χ1n) is 7.37. The van der Waals surface area contributed by atoms with Gasteiger partial charge in [0, 0.05) is 45.0 Å². The maximum Gasteiger partial charge on any atom is 0.0951 e. The molecule has 1 saturated carbocycles. The summed E-state index contributed by atoms with van der Waals surface area (Å²) in [6.45, 7) is 5.64.